The molecule has 0 saturated carbocycles. The summed E-state index contributed by atoms with van der Waals surface area (Å²) < 4.78 is 10.6. The summed E-state index contributed by atoms with van der Waals surface area (Å²) in [4.78, 5) is 37.8. The number of nitrogens with one attached hydrogen (secondary N) is 1. The standard InChI is InChI=1S/C18H20N2O6/c1-5-25-18(22)15-10(2)16(19-11(15)3)17(21)12(4)26-14-8-6-13(7-9-14)20(23)24/h6-9,12,19H,5H2,1-4H3/t12-/m1/s1. The molecule has 0 aliphatic rings. The molecule has 1 heterocycles. The van der Waals surface area contributed by atoms with E-state index in [9.17, 15) is 19.7 Å². The molecule has 0 unspecified atom stereocenters. The van der Waals surface area contributed by atoms with E-state index >= 15 is 0 Å². The van der Waals surface area contributed by atoms with E-state index in [1.54, 1.807) is 27.7 Å². The number of nitro groups is 1. The van der Waals surface area contributed by atoms with E-state index in [1.807, 2.05) is 0 Å². The minimum absolute atomic E-state index is 0.0637. The monoisotopic (exact) mass is 360 g/mol. The Balaban J connectivity index is 2.19. The minimum atomic E-state index is -0.844. The predicted molar refractivity (Wildman–Crippen MR) is 93.7 cm³/mol. The number of Topliss-reactive ketones (excluding diaryl/α,β-unsaturated/α-hetero) is 1. The lowest BCUT2D eigenvalue weighted by Gasteiger charge is -2.13. The average Bonchev–Trinajstić information content (AvgIpc) is 2.89. The van der Waals surface area contributed by atoms with Crippen LogP contribution >= 0.6 is 0 Å². The van der Waals surface area contributed by atoms with E-state index in [4.69, 9.17) is 9.47 Å². The highest BCUT2D eigenvalue weighted by molar-refractivity contribution is 6.03. The third-order valence-electron chi connectivity index (χ3n) is 3.89. The number of ketones is 1. The van der Waals surface area contributed by atoms with Gasteiger partial charge in [0.2, 0.25) is 5.78 Å². The van der Waals surface area contributed by atoms with Crippen LogP contribution < -0.4 is 4.74 Å². The van der Waals surface area contributed by atoms with Crippen LogP contribution in [-0.4, -0.2) is 34.4 Å². The SMILES string of the molecule is CCOC(=O)c1c(C)[nH]c(C(=O)[C@@H](C)Oc2ccc([N+](=O)[O-])cc2)c1C. The fourth-order valence-corrected chi connectivity index (χ4v) is 2.61. The summed E-state index contributed by atoms with van der Waals surface area (Å²) in [6.07, 6.45) is -0.844. The molecule has 0 aliphatic carbocycles. The number of ether oxygens (including phenoxy) is 2. The number of aryl methyl sites for hydroxylation is 1. The molecule has 138 valence electrons. The molecule has 0 radical (unpaired) electrons. The van der Waals surface area contributed by atoms with Crippen molar-refractivity contribution in [3.8, 4) is 5.75 Å². The predicted octanol–water partition coefficient (Wildman–Crippen LogP) is 3.37. The van der Waals surface area contributed by atoms with Crippen LogP contribution in [0.3, 0.4) is 0 Å². The summed E-state index contributed by atoms with van der Waals surface area (Å²) in [5, 5.41) is 10.7. The zero-order valence-electron chi connectivity index (χ0n) is 15.0. The lowest BCUT2D eigenvalue weighted by Crippen LogP contribution is -2.25. The van der Waals surface area contributed by atoms with Crippen molar-refractivity contribution in [1.29, 1.82) is 0 Å². The van der Waals surface area contributed by atoms with Gasteiger partial charge in [-0.2, -0.15) is 0 Å². The van der Waals surface area contributed by atoms with Gasteiger partial charge in [0.1, 0.15) is 5.75 Å². The molecular weight excluding hydrogens is 340 g/mol. The molecule has 1 atom stereocenters. The number of aromatic amines is 1. The van der Waals surface area contributed by atoms with Gasteiger partial charge in [0.05, 0.1) is 22.8 Å². The number of hydrogen-bond acceptors (Lipinski definition) is 6. The number of hydrogen-bond donors (Lipinski definition) is 1. The highest BCUT2D eigenvalue weighted by Gasteiger charge is 2.26. The van der Waals surface area contributed by atoms with Gasteiger partial charge in [-0.15, -0.1) is 0 Å². The van der Waals surface area contributed by atoms with Gasteiger partial charge in [-0.3, -0.25) is 14.9 Å². The van der Waals surface area contributed by atoms with Crippen molar-refractivity contribution in [2.45, 2.75) is 33.8 Å². The largest absolute Gasteiger partial charge is 0.483 e. The molecule has 0 bridgehead atoms. The fourth-order valence-electron chi connectivity index (χ4n) is 2.61. The Hall–Kier alpha value is -3.16. The lowest BCUT2D eigenvalue weighted by molar-refractivity contribution is -0.384. The van der Waals surface area contributed by atoms with Crippen molar-refractivity contribution in [1.82, 2.24) is 4.98 Å². The molecule has 2 rings (SSSR count). The van der Waals surface area contributed by atoms with Crippen molar-refractivity contribution in [2.75, 3.05) is 6.61 Å². The number of carbonyl (C=O) groups excluding carboxylic acids is 2. The average molecular weight is 360 g/mol. The van der Waals surface area contributed by atoms with Gasteiger partial charge >= 0.3 is 5.97 Å². The van der Waals surface area contributed by atoms with Crippen LogP contribution in [0.25, 0.3) is 0 Å². The van der Waals surface area contributed by atoms with Crippen LogP contribution in [0, 0.1) is 24.0 Å². The van der Waals surface area contributed by atoms with E-state index in [1.165, 1.54) is 24.3 Å². The Labute approximate surface area is 150 Å². The Morgan fingerprint density at radius 1 is 1.23 bits per heavy atom. The number of rotatable bonds is 7. The number of nitrogens with zero attached hydrogens (tertiary/aromatic N) is 1. The highest BCUT2D eigenvalue weighted by Crippen LogP contribution is 2.23. The van der Waals surface area contributed by atoms with Crippen LogP contribution in [0.1, 0.15) is 46.0 Å². The summed E-state index contributed by atoms with van der Waals surface area (Å²) >= 11 is 0. The first kappa shape index (κ1) is 19.2. The first-order chi connectivity index (χ1) is 12.3. The second kappa shape index (κ2) is 7.81. The number of carbonyl (C=O) groups is 2. The first-order valence-corrected chi connectivity index (χ1v) is 8.07. The zero-order chi connectivity index (χ0) is 19.4. The van der Waals surface area contributed by atoms with E-state index in [-0.39, 0.29) is 23.8 Å². The summed E-state index contributed by atoms with van der Waals surface area (Å²) in [6.45, 7) is 6.89. The molecule has 1 aromatic heterocycles. The molecule has 0 fully saturated rings. The van der Waals surface area contributed by atoms with Gasteiger partial charge in [0, 0.05) is 17.8 Å². The summed E-state index contributed by atoms with van der Waals surface area (Å²) in [5.41, 5.74) is 1.61. The van der Waals surface area contributed by atoms with Crippen LogP contribution in [0.15, 0.2) is 24.3 Å². The second-order valence-corrected chi connectivity index (χ2v) is 5.72. The Morgan fingerprint density at radius 3 is 2.38 bits per heavy atom. The molecule has 8 heteroatoms. The first-order valence-electron chi connectivity index (χ1n) is 8.07. The van der Waals surface area contributed by atoms with Crippen molar-refractivity contribution >= 4 is 17.4 Å². The molecule has 0 saturated heterocycles. The Morgan fingerprint density at radius 2 is 1.85 bits per heavy atom. The maximum absolute atomic E-state index is 12.7. The maximum atomic E-state index is 12.7. The van der Waals surface area contributed by atoms with E-state index in [0.29, 0.717) is 22.6 Å². The van der Waals surface area contributed by atoms with Crippen LogP contribution in [0.2, 0.25) is 0 Å². The number of esters is 1. The van der Waals surface area contributed by atoms with Crippen LogP contribution in [-0.2, 0) is 4.74 Å². The Bertz CT molecular complexity index is 838. The molecule has 8 nitrogen and oxygen atoms in total. The van der Waals surface area contributed by atoms with E-state index < -0.39 is 17.0 Å². The maximum Gasteiger partial charge on any atom is 0.340 e. The van der Waals surface area contributed by atoms with Crippen LogP contribution in [0.4, 0.5) is 5.69 Å². The molecule has 26 heavy (non-hydrogen) atoms. The summed E-state index contributed by atoms with van der Waals surface area (Å²) in [7, 11) is 0. The highest BCUT2D eigenvalue weighted by atomic mass is 16.6. The zero-order valence-corrected chi connectivity index (χ0v) is 15.0. The van der Waals surface area contributed by atoms with Crippen molar-refractivity contribution in [3.63, 3.8) is 0 Å². The summed E-state index contributed by atoms with van der Waals surface area (Å²) in [5.74, 6) is -0.482. The van der Waals surface area contributed by atoms with E-state index in [2.05, 4.69) is 4.98 Å². The molecule has 2 aromatic rings. The third-order valence-corrected chi connectivity index (χ3v) is 3.89. The van der Waals surface area contributed by atoms with Crippen LogP contribution in [0.5, 0.6) is 5.75 Å². The van der Waals surface area contributed by atoms with E-state index in [0.717, 1.165) is 0 Å². The normalized spacial score (nSPS) is 11.7. The van der Waals surface area contributed by atoms with Crippen molar-refractivity contribution < 1.29 is 24.0 Å². The number of non-ortho nitro benzene ring substituents is 1. The fraction of sp³-hybridized carbons (Fsp3) is 0.333. The van der Waals surface area contributed by atoms with Gasteiger partial charge in [0.15, 0.2) is 6.10 Å². The van der Waals surface area contributed by atoms with Gasteiger partial charge < -0.3 is 14.5 Å². The molecule has 0 spiro atoms. The number of H-pyrrole nitrogens is 1. The van der Waals surface area contributed by atoms with Gasteiger partial charge in [0.25, 0.3) is 5.69 Å². The van der Waals surface area contributed by atoms with Gasteiger partial charge in [-0.1, -0.05) is 0 Å². The smallest absolute Gasteiger partial charge is 0.340 e. The van der Waals surface area contributed by atoms with Gasteiger partial charge in [-0.25, -0.2) is 4.79 Å². The van der Waals surface area contributed by atoms with Gasteiger partial charge in [-0.05, 0) is 45.4 Å². The quantitative estimate of drug-likeness (QED) is 0.351. The lowest BCUT2D eigenvalue weighted by atomic mass is 10.1. The Kier molecular flexibility index (Phi) is 5.76. The molecule has 0 aliphatic heterocycles. The molecule has 1 N–H and O–H groups in total. The number of nitro benzene ring substituents is 1. The summed E-state index contributed by atoms with van der Waals surface area (Å²) in [6, 6.07) is 5.46. The number of aromatic nitrogens is 1. The van der Waals surface area contributed by atoms with Crippen molar-refractivity contribution in [3.05, 3.63) is 56.9 Å². The molecular formula is C18H20N2O6. The molecule has 0 amide bonds. The van der Waals surface area contributed by atoms with Crippen molar-refractivity contribution in [2.24, 2.45) is 0 Å². The minimum Gasteiger partial charge on any atom is -0.483 e. The topological polar surface area (TPSA) is 112 Å². The third kappa shape index (κ3) is 3.90. The second-order valence-electron chi connectivity index (χ2n) is 5.72. The molecule has 1 aromatic carbocycles. The number of benzene rings is 1.